The van der Waals surface area contributed by atoms with E-state index in [9.17, 15) is 18.0 Å². The van der Waals surface area contributed by atoms with E-state index in [1.165, 1.54) is 6.26 Å². The van der Waals surface area contributed by atoms with E-state index < -0.39 is 9.84 Å². The number of nitrogens with zero attached hydrogens (tertiary/aromatic N) is 2. The number of unbranched alkanes of at least 4 members (excludes halogenated alkanes) is 1. The van der Waals surface area contributed by atoms with Gasteiger partial charge in [0, 0.05) is 44.8 Å². The molecule has 0 spiro atoms. The molecule has 2 rings (SSSR count). The van der Waals surface area contributed by atoms with Crippen LogP contribution >= 0.6 is 0 Å². The molecule has 0 aromatic heterocycles. The SMILES string of the molecule is CCCCN1C(=O)CC[C@@H]2CN(C(=O)CCCS(C)(=O)=O)CC[C@@H]21. The Labute approximate surface area is 145 Å². The Morgan fingerprint density at radius 3 is 2.67 bits per heavy atom. The van der Waals surface area contributed by atoms with Gasteiger partial charge in [-0.2, -0.15) is 0 Å². The van der Waals surface area contributed by atoms with Crippen LogP contribution in [0, 0.1) is 5.92 Å². The van der Waals surface area contributed by atoms with Crippen LogP contribution in [0.15, 0.2) is 0 Å². The zero-order chi connectivity index (χ0) is 17.7. The lowest BCUT2D eigenvalue weighted by Gasteiger charge is -2.47. The van der Waals surface area contributed by atoms with Crippen molar-refractivity contribution in [3.05, 3.63) is 0 Å². The van der Waals surface area contributed by atoms with Crippen molar-refractivity contribution in [2.75, 3.05) is 31.6 Å². The van der Waals surface area contributed by atoms with Crippen molar-refractivity contribution in [3.63, 3.8) is 0 Å². The number of piperidine rings is 2. The largest absolute Gasteiger partial charge is 0.342 e. The minimum atomic E-state index is -3.01. The van der Waals surface area contributed by atoms with Crippen LogP contribution in [0.5, 0.6) is 0 Å². The first-order valence-electron chi connectivity index (χ1n) is 9.06. The van der Waals surface area contributed by atoms with Gasteiger partial charge in [-0.25, -0.2) is 8.42 Å². The standard InChI is InChI=1S/C17H30N2O4S/c1-3-4-10-19-15-9-11-18(13-14(15)7-8-17(19)21)16(20)6-5-12-24(2,22)23/h14-15H,3-13H2,1-2H3/t14-,15+/m1/s1. The first kappa shape index (κ1) is 19.2. The van der Waals surface area contributed by atoms with Crippen LogP contribution in [-0.4, -0.2) is 67.7 Å². The van der Waals surface area contributed by atoms with E-state index in [0.717, 1.165) is 32.2 Å². The van der Waals surface area contributed by atoms with E-state index in [4.69, 9.17) is 0 Å². The number of hydrogen-bond acceptors (Lipinski definition) is 4. The Hall–Kier alpha value is -1.11. The summed E-state index contributed by atoms with van der Waals surface area (Å²) < 4.78 is 22.3. The van der Waals surface area contributed by atoms with Crippen LogP contribution < -0.4 is 0 Å². The number of rotatable bonds is 7. The molecule has 24 heavy (non-hydrogen) atoms. The fourth-order valence-corrected chi connectivity index (χ4v) is 4.51. The molecule has 2 saturated heterocycles. The topological polar surface area (TPSA) is 74.8 Å². The summed E-state index contributed by atoms with van der Waals surface area (Å²) in [6, 6.07) is 0.276. The molecule has 2 amide bonds. The van der Waals surface area contributed by atoms with E-state index in [1.807, 2.05) is 9.80 Å². The maximum absolute atomic E-state index is 12.3. The van der Waals surface area contributed by atoms with Crippen molar-refractivity contribution in [1.29, 1.82) is 0 Å². The third-order valence-corrected chi connectivity index (χ3v) is 6.18. The van der Waals surface area contributed by atoms with Gasteiger partial charge in [0.2, 0.25) is 11.8 Å². The zero-order valence-corrected chi connectivity index (χ0v) is 15.7. The molecule has 6 nitrogen and oxygen atoms in total. The summed E-state index contributed by atoms with van der Waals surface area (Å²) in [6.45, 7) is 4.34. The minimum Gasteiger partial charge on any atom is -0.342 e. The van der Waals surface area contributed by atoms with Crippen LogP contribution in [0.2, 0.25) is 0 Å². The fraction of sp³-hybridized carbons (Fsp3) is 0.882. The van der Waals surface area contributed by atoms with Gasteiger partial charge in [-0.1, -0.05) is 13.3 Å². The van der Waals surface area contributed by atoms with E-state index in [2.05, 4.69) is 6.92 Å². The Morgan fingerprint density at radius 2 is 2.00 bits per heavy atom. The van der Waals surface area contributed by atoms with Gasteiger partial charge < -0.3 is 9.80 Å². The maximum Gasteiger partial charge on any atom is 0.222 e. The summed E-state index contributed by atoms with van der Waals surface area (Å²) in [7, 11) is -3.01. The number of likely N-dealkylation sites (tertiary alicyclic amines) is 2. The molecule has 0 aromatic rings. The molecule has 2 aliphatic heterocycles. The monoisotopic (exact) mass is 358 g/mol. The highest BCUT2D eigenvalue weighted by Gasteiger charge is 2.39. The molecule has 0 saturated carbocycles. The fourth-order valence-electron chi connectivity index (χ4n) is 3.84. The Morgan fingerprint density at radius 1 is 1.25 bits per heavy atom. The molecule has 2 fully saturated rings. The van der Waals surface area contributed by atoms with Crippen molar-refractivity contribution in [2.24, 2.45) is 5.92 Å². The molecule has 2 aliphatic rings. The molecular weight excluding hydrogens is 328 g/mol. The third-order valence-electron chi connectivity index (χ3n) is 5.15. The first-order chi connectivity index (χ1) is 11.3. The lowest BCUT2D eigenvalue weighted by Crippen LogP contribution is -2.57. The van der Waals surface area contributed by atoms with E-state index in [-0.39, 0.29) is 23.6 Å². The number of carbonyl (C=O) groups is 2. The molecule has 0 unspecified atom stereocenters. The summed E-state index contributed by atoms with van der Waals surface area (Å²) in [5, 5.41) is 0. The highest BCUT2D eigenvalue weighted by molar-refractivity contribution is 7.90. The second-order valence-electron chi connectivity index (χ2n) is 7.17. The predicted molar refractivity (Wildman–Crippen MR) is 93.3 cm³/mol. The minimum absolute atomic E-state index is 0.0501. The van der Waals surface area contributed by atoms with Crippen LogP contribution in [0.1, 0.15) is 51.9 Å². The first-order valence-corrected chi connectivity index (χ1v) is 11.1. The summed E-state index contributed by atoms with van der Waals surface area (Å²) in [6.07, 6.45) is 6.28. The van der Waals surface area contributed by atoms with Gasteiger partial charge in [0.15, 0.2) is 0 Å². The van der Waals surface area contributed by atoms with E-state index in [0.29, 0.717) is 38.3 Å². The summed E-state index contributed by atoms with van der Waals surface area (Å²) in [4.78, 5) is 28.4. The maximum atomic E-state index is 12.3. The number of sulfone groups is 1. The van der Waals surface area contributed by atoms with Crippen LogP contribution in [0.4, 0.5) is 0 Å². The summed E-state index contributed by atoms with van der Waals surface area (Å²) in [5.74, 6) is 0.747. The van der Waals surface area contributed by atoms with Crippen molar-refractivity contribution < 1.29 is 18.0 Å². The highest BCUT2D eigenvalue weighted by Crippen LogP contribution is 2.31. The number of hydrogen-bond donors (Lipinski definition) is 0. The predicted octanol–water partition coefficient (Wildman–Crippen LogP) is 1.45. The lowest BCUT2D eigenvalue weighted by atomic mass is 9.83. The normalized spacial score (nSPS) is 24.8. The lowest BCUT2D eigenvalue weighted by molar-refractivity contribution is -0.144. The molecule has 0 radical (unpaired) electrons. The van der Waals surface area contributed by atoms with Crippen molar-refractivity contribution in [3.8, 4) is 0 Å². The van der Waals surface area contributed by atoms with Crippen molar-refractivity contribution in [2.45, 2.75) is 57.9 Å². The molecule has 0 bridgehead atoms. The van der Waals surface area contributed by atoms with E-state index in [1.54, 1.807) is 0 Å². The highest BCUT2D eigenvalue weighted by atomic mass is 32.2. The molecule has 2 atom stereocenters. The van der Waals surface area contributed by atoms with Crippen molar-refractivity contribution >= 4 is 21.7 Å². The average molecular weight is 359 g/mol. The number of carbonyl (C=O) groups excluding carboxylic acids is 2. The van der Waals surface area contributed by atoms with Gasteiger partial charge in [0.05, 0.1) is 5.75 Å². The number of amides is 2. The molecule has 0 N–H and O–H groups in total. The van der Waals surface area contributed by atoms with E-state index >= 15 is 0 Å². The van der Waals surface area contributed by atoms with Gasteiger partial charge in [0.25, 0.3) is 0 Å². The van der Waals surface area contributed by atoms with Gasteiger partial charge in [-0.15, -0.1) is 0 Å². The molecule has 7 heteroatoms. The average Bonchev–Trinajstić information content (AvgIpc) is 2.52. The molecule has 0 aromatic carbocycles. The van der Waals surface area contributed by atoms with Gasteiger partial charge in [-0.3, -0.25) is 9.59 Å². The van der Waals surface area contributed by atoms with Crippen LogP contribution in [0.25, 0.3) is 0 Å². The summed E-state index contributed by atoms with van der Waals surface area (Å²) in [5.41, 5.74) is 0. The molecule has 0 aliphatic carbocycles. The molecule has 2 heterocycles. The van der Waals surface area contributed by atoms with Gasteiger partial charge >= 0.3 is 0 Å². The Bertz CT molecular complexity index is 561. The molecular formula is C17H30N2O4S. The van der Waals surface area contributed by atoms with Crippen LogP contribution in [0.3, 0.4) is 0 Å². The Balaban J connectivity index is 1.87. The smallest absolute Gasteiger partial charge is 0.222 e. The van der Waals surface area contributed by atoms with Crippen LogP contribution in [-0.2, 0) is 19.4 Å². The molecule has 138 valence electrons. The zero-order valence-electron chi connectivity index (χ0n) is 14.9. The second kappa shape index (κ2) is 8.32. The number of fused-ring (bicyclic) bond motifs is 1. The summed E-state index contributed by atoms with van der Waals surface area (Å²) >= 11 is 0. The Kier molecular flexibility index (Phi) is 6.66. The van der Waals surface area contributed by atoms with Gasteiger partial charge in [-0.05, 0) is 31.6 Å². The van der Waals surface area contributed by atoms with Gasteiger partial charge in [0.1, 0.15) is 9.84 Å². The van der Waals surface area contributed by atoms with Crippen molar-refractivity contribution in [1.82, 2.24) is 9.80 Å². The third kappa shape index (κ3) is 5.19. The second-order valence-corrected chi connectivity index (χ2v) is 9.43. The quantitative estimate of drug-likeness (QED) is 0.690.